The fourth-order valence-corrected chi connectivity index (χ4v) is 4.90. The van der Waals surface area contributed by atoms with Crippen LogP contribution >= 0.6 is 23.4 Å². The zero-order valence-corrected chi connectivity index (χ0v) is 19.4. The molecule has 2 unspecified atom stereocenters. The fourth-order valence-electron chi connectivity index (χ4n) is 3.85. The predicted octanol–water partition coefficient (Wildman–Crippen LogP) is 4.83. The molecule has 0 N–H and O–H groups in total. The molecule has 2 atom stereocenters. The number of imide groups is 1. The summed E-state index contributed by atoms with van der Waals surface area (Å²) in [5.41, 5.74) is 2.12. The monoisotopic (exact) mass is 470 g/mol. The van der Waals surface area contributed by atoms with Gasteiger partial charge in [-0.15, -0.1) is 0 Å². The van der Waals surface area contributed by atoms with Crippen LogP contribution in [0.5, 0.6) is 0 Å². The van der Waals surface area contributed by atoms with Crippen molar-refractivity contribution in [3.05, 3.63) is 75.1 Å². The number of carbonyl (C=O) groups excluding carboxylic acids is 3. The smallest absolute Gasteiger partial charge is 0.293 e. The Kier molecular flexibility index (Phi) is 6.69. The van der Waals surface area contributed by atoms with Crippen LogP contribution in [0.25, 0.3) is 6.08 Å². The summed E-state index contributed by atoms with van der Waals surface area (Å²) in [6.45, 7) is 5.21. The highest BCUT2D eigenvalue weighted by Crippen LogP contribution is 2.33. The highest BCUT2D eigenvalue weighted by atomic mass is 35.5. The molecule has 0 aliphatic carbocycles. The van der Waals surface area contributed by atoms with E-state index in [4.69, 9.17) is 16.3 Å². The molecule has 2 aliphatic rings. The van der Waals surface area contributed by atoms with Crippen LogP contribution in [0, 0.1) is 0 Å². The Morgan fingerprint density at radius 2 is 1.81 bits per heavy atom. The summed E-state index contributed by atoms with van der Waals surface area (Å²) in [7, 11) is 0. The van der Waals surface area contributed by atoms with Crippen molar-refractivity contribution in [3.8, 4) is 0 Å². The Hall–Kier alpha value is -2.61. The van der Waals surface area contributed by atoms with E-state index >= 15 is 0 Å². The summed E-state index contributed by atoms with van der Waals surface area (Å²) in [5, 5.41) is 0.240. The maximum Gasteiger partial charge on any atom is 0.293 e. The van der Waals surface area contributed by atoms with Gasteiger partial charge in [-0.1, -0.05) is 35.9 Å². The summed E-state index contributed by atoms with van der Waals surface area (Å²) in [5.74, 6) is -0.378. The van der Waals surface area contributed by atoms with Gasteiger partial charge in [-0.2, -0.15) is 0 Å². The molecule has 32 heavy (non-hydrogen) atoms. The maximum atomic E-state index is 12.8. The molecule has 8 heteroatoms. The third-order valence-electron chi connectivity index (χ3n) is 5.27. The second-order valence-electron chi connectivity index (χ2n) is 7.99. The number of benzene rings is 2. The zero-order valence-electron chi connectivity index (χ0n) is 17.8. The molecule has 6 nitrogen and oxygen atoms in total. The SMILES string of the molecule is CC1CN(C(=O)c2ccc(/C=C3\SC(=O)N(Cc4cccc(Cl)c4)C3=O)cc2)CC(C)O1. The van der Waals surface area contributed by atoms with Gasteiger partial charge in [0.2, 0.25) is 0 Å². The average Bonchev–Trinajstić information content (AvgIpc) is 3.00. The molecule has 3 amide bonds. The zero-order chi connectivity index (χ0) is 22.8. The standard InChI is InChI=1S/C24H23ClN2O4S/c1-15-12-26(13-16(2)31-15)22(28)19-8-6-17(7-9-19)11-21-23(29)27(24(30)32-21)14-18-4-3-5-20(25)10-18/h3-11,15-16H,12-14H2,1-2H3/b21-11-. The number of hydrogen-bond donors (Lipinski definition) is 0. The van der Waals surface area contributed by atoms with Crippen molar-refractivity contribution < 1.29 is 19.1 Å². The van der Waals surface area contributed by atoms with E-state index in [-0.39, 0.29) is 35.8 Å². The summed E-state index contributed by atoms with van der Waals surface area (Å²) >= 11 is 6.91. The van der Waals surface area contributed by atoms with Gasteiger partial charge >= 0.3 is 0 Å². The van der Waals surface area contributed by atoms with Gasteiger partial charge in [0.25, 0.3) is 17.1 Å². The van der Waals surface area contributed by atoms with Gasteiger partial charge in [-0.05, 0) is 67.1 Å². The van der Waals surface area contributed by atoms with E-state index in [0.29, 0.717) is 28.6 Å². The number of rotatable bonds is 4. The topological polar surface area (TPSA) is 66.9 Å². The van der Waals surface area contributed by atoms with E-state index in [1.807, 2.05) is 19.9 Å². The average molecular weight is 471 g/mol. The third-order valence-corrected chi connectivity index (χ3v) is 6.41. The molecule has 166 valence electrons. The number of ether oxygens (including phenoxy) is 1. The number of hydrogen-bond acceptors (Lipinski definition) is 5. The van der Waals surface area contributed by atoms with E-state index in [9.17, 15) is 14.4 Å². The normalized spacial score (nSPS) is 22.7. The molecule has 0 radical (unpaired) electrons. The number of thioether (sulfide) groups is 1. The number of nitrogens with zero attached hydrogens (tertiary/aromatic N) is 2. The van der Waals surface area contributed by atoms with E-state index in [1.54, 1.807) is 53.4 Å². The summed E-state index contributed by atoms with van der Waals surface area (Å²) in [6.07, 6.45) is 1.68. The van der Waals surface area contributed by atoms with Crippen molar-refractivity contribution in [1.29, 1.82) is 0 Å². The fraction of sp³-hybridized carbons (Fsp3) is 0.292. The van der Waals surface area contributed by atoms with E-state index in [1.165, 1.54) is 4.90 Å². The largest absolute Gasteiger partial charge is 0.372 e. The Morgan fingerprint density at radius 3 is 2.47 bits per heavy atom. The second-order valence-corrected chi connectivity index (χ2v) is 9.42. The number of morpholine rings is 1. The summed E-state index contributed by atoms with van der Waals surface area (Å²) < 4.78 is 5.69. The van der Waals surface area contributed by atoms with Crippen LogP contribution < -0.4 is 0 Å². The molecule has 2 heterocycles. The summed E-state index contributed by atoms with van der Waals surface area (Å²) in [4.78, 5) is 41.3. The van der Waals surface area contributed by atoms with Crippen LogP contribution in [-0.2, 0) is 16.1 Å². The van der Waals surface area contributed by atoms with Crippen LogP contribution in [0.1, 0.15) is 35.3 Å². The maximum absolute atomic E-state index is 12.8. The van der Waals surface area contributed by atoms with Gasteiger partial charge in [0, 0.05) is 23.7 Å². The minimum atomic E-state index is -0.337. The quantitative estimate of drug-likeness (QED) is 0.599. The minimum Gasteiger partial charge on any atom is -0.372 e. The molecule has 0 saturated carbocycles. The van der Waals surface area contributed by atoms with Crippen LogP contribution in [0.3, 0.4) is 0 Å². The number of halogens is 1. The lowest BCUT2D eigenvalue weighted by Gasteiger charge is -2.35. The van der Waals surface area contributed by atoms with Crippen LogP contribution in [0.4, 0.5) is 4.79 Å². The Morgan fingerprint density at radius 1 is 1.12 bits per heavy atom. The minimum absolute atomic E-state index is 0.00417. The van der Waals surface area contributed by atoms with E-state index in [0.717, 1.165) is 22.9 Å². The molecule has 4 rings (SSSR count). The van der Waals surface area contributed by atoms with Crippen LogP contribution in [0.2, 0.25) is 5.02 Å². The highest BCUT2D eigenvalue weighted by molar-refractivity contribution is 8.18. The molecule has 2 aliphatic heterocycles. The Balaban J connectivity index is 1.45. The molecule has 0 bridgehead atoms. The van der Waals surface area contributed by atoms with Crippen molar-refractivity contribution in [2.24, 2.45) is 0 Å². The molecule has 2 aromatic rings. The van der Waals surface area contributed by atoms with Crippen molar-refractivity contribution in [3.63, 3.8) is 0 Å². The second kappa shape index (κ2) is 9.48. The molecule has 2 aromatic carbocycles. The van der Waals surface area contributed by atoms with Gasteiger partial charge in [-0.3, -0.25) is 19.3 Å². The molecule has 0 aromatic heterocycles. The van der Waals surface area contributed by atoms with Gasteiger partial charge in [0.1, 0.15) is 0 Å². The summed E-state index contributed by atoms with van der Waals surface area (Å²) in [6, 6.07) is 14.1. The first kappa shape index (κ1) is 22.6. The van der Waals surface area contributed by atoms with Crippen LogP contribution in [0.15, 0.2) is 53.4 Å². The number of carbonyl (C=O) groups is 3. The van der Waals surface area contributed by atoms with Gasteiger partial charge in [-0.25, -0.2) is 0 Å². The molecule has 2 fully saturated rings. The molecular weight excluding hydrogens is 448 g/mol. The van der Waals surface area contributed by atoms with Gasteiger partial charge in [0.15, 0.2) is 0 Å². The molecule has 2 saturated heterocycles. The molecular formula is C24H23ClN2O4S. The predicted molar refractivity (Wildman–Crippen MR) is 125 cm³/mol. The lowest BCUT2D eigenvalue weighted by Crippen LogP contribution is -2.48. The third kappa shape index (κ3) is 5.06. The van der Waals surface area contributed by atoms with Crippen LogP contribution in [-0.4, -0.2) is 52.2 Å². The number of amides is 3. The highest BCUT2D eigenvalue weighted by Gasteiger charge is 2.35. The first-order chi connectivity index (χ1) is 15.3. The van der Waals surface area contributed by atoms with Gasteiger partial charge in [0.05, 0.1) is 23.7 Å². The van der Waals surface area contributed by atoms with E-state index in [2.05, 4.69) is 0 Å². The Bertz CT molecular complexity index is 1080. The first-order valence-corrected chi connectivity index (χ1v) is 11.5. The van der Waals surface area contributed by atoms with Crippen molar-refractivity contribution >= 4 is 46.5 Å². The van der Waals surface area contributed by atoms with Gasteiger partial charge < -0.3 is 9.64 Å². The lowest BCUT2D eigenvalue weighted by molar-refractivity contribution is -0.123. The Labute approximate surface area is 196 Å². The van der Waals surface area contributed by atoms with Crippen molar-refractivity contribution in [2.75, 3.05) is 13.1 Å². The molecule has 0 spiro atoms. The lowest BCUT2D eigenvalue weighted by atomic mass is 10.1. The van der Waals surface area contributed by atoms with Crippen molar-refractivity contribution in [1.82, 2.24) is 9.80 Å². The van der Waals surface area contributed by atoms with E-state index < -0.39 is 0 Å². The van der Waals surface area contributed by atoms with Crippen molar-refractivity contribution in [2.45, 2.75) is 32.6 Å². The first-order valence-electron chi connectivity index (χ1n) is 10.3.